The monoisotopic (exact) mass is 406 g/mol. The summed E-state index contributed by atoms with van der Waals surface area (Å²) in [7, 11) is 1.46. The Balaban J connectivity index is 2.20. The van der Waals surface area contributed by atoms with Crippen LogP contribution in [0, 0.1) is 0 Å². The Morgan fingerprint density at radius 3 is 1.89 bits per heavy atom. The second-order valence-corrected chi connectivity index (χ2v) is 6.23. The minimum absolute atomic E-state index is 0.0519. The quantitative estimate of drug-likeness (QED) is 0.255. The van der Waals surface area contributed by atoms with Gasteiger partial charge >= 0.3 is 12.4 Å². The van der Waals surface area contributed by atoms with E-state index in [4.69, 9.17) is 4.74 Å². The van der Waals surface area contributed by atoms with Crippen molar-refractivity contribution in [1.82, 2.24) is 0 Å². The molecular weight excluding hydrogens is 394 g/mol. The second kappa shape index (κ2) is 8.08. The van der Waals surface area contributed by atoms with E-state index >= 15 is 0 Å². The SMILES string of the molecule is COc1ccc(C(=O)/C=C/Sc2cc(C(F)(F)F)cc(C(F)(F)F)c2)cc1. The smallest absolute Gasteiger partial charge is 0.416 e. The fourth-order valence-corrected chi connectivity index (χ4v) is 2.76. The normalized spacial score (nSPS) is 12.4. The van der Waals surface area contributed by atoms with E-state index in [0.717, 1.165) is 11.5 Å². The van der Waals surface area contributed by atoms with Gasteiger partial charge in [0.25, 0.3) is 0 Å². The molecule has 0 aromatic heterocycles. The van der Waals surface area contributed by atoms with Crippen molar-refractivity contribution in [3.63, 3.8) is 0 Å². The van der Waals surface area contributed by atoms with E-state index in [0.29, 0.717) is 35.2 Å². The minimum Gasteiger partial charge on any atom is -0.497 e. The molecule has 0 saturated carbocycles. The number of ether oxygens (including phenoxy) is 1. The summed E-state index contributed by atoms with van der Waals surface area (Å²) in [5, 5.41) is 1.14. The summed E-state index contributed by atoms with van der Waals surface area (Å²) in [6, 6.07) is 7.33. The number of methoxy groups -OCH3 is 1. The lowest BCUT2D eigenvalue weighted by Crippen LogP contribution is -2.10. The average Bonchev–Trinajstić information content (AvgIpc) is 2.60. The summed E-state index contributed by atoms with van der Waals surface area (Å²) in [4.78, 5) is 11.7. The van der Waals surface area contributed by atoms with E-state index in [9.17, 15) is 31.1 Å². The molecule has 2 aromatic carbocycles. The van der Waals surface area contributed by atoms with Crippen molar-refractivity contribution in [3.8, 4) is 5.75 Å². The van der Waals surface area contributed by atoms with E-state index in [2.05, 4.69) is 0 Å². The topological polar surface area (TPSA) is 26.3 Å². The Kier molecular flexibility index (Phi) is 6.25. The molecule has 0 spiro atoms. The number of benzene rings is 2. The van der Waals surface area contributed by atoms with Crippen molar-refractivity contribution in [3.05, 3.63) is 70.6 Å². The van der Waals surface area contributed by atoms with Crippen LogP contribution in [0.1, 0.15) is 21.5 Å². The molecule has 144 valence electrons. The van der Waals surface area contributed by atoms with E-state index in [-0.39, 0.29) is 11.0 Å². The van der Waals surface area contributed by atoms with Crippen LogP contribution in [0.2, 0.25) is 0 Å². The largest absolute Gasteiger partial charge is 0.497 e. The lowest BCUT2D eigenvalue weighted by Gasteiger charge is -2.13. The number of ketones is 1. The molecule has 2 aromatic rings. The van der Waals surface area contributed by atoms with Crippen molar-refractivity contribution in [1.29, 1.82) is 0 Å². The molecule has 0 bridgehead atoms. The third-order valence-electron chi connectivity index (χ3n) is 3.36. The lowest BCUT2D eigenvalue weighted by molar-refractivity contribution is -0.143. The summed E-state index contributed by atoms with van der Waals surface area (Å²) in [5.74, 6) is 0.0849. The van der Waals surface area contributed by atoms with Gasteiger partial charge in [-0.2, -0.15) is 26.3 Å². The van der Waals surface area contributed by atoms with Gasteiger partial charge in [0.15, 0.2) is 5.78 Å². The third kappa shape index (κ3) is 5.78. The molecule has 0 atom stereocenters. The van der Waals surface area contributed by atoms with E-state index in [1.165, 1.54) is 19.2 Å². The number of allylic oxidation sites excluding steroid dienone is 1. The zero-order valence-electron chi connectivity index (χ0n) is 13.7. The Morgan fingerprint density at radius 2 is 1.44 bits per heavy atom. The summed E-state index contributed by atoms with van der Waals surface area (Å²) >= 11 is 0.586. The van der Waals surface area contributed by atoms with Crippen LogP contribution in [-0.4, -0.2) is 12.9 Å². The van der Waals surface area contributed by atoms with Crippen LogP contribution in [0.3, 0.4) is 0 Å². The highest BCUT2D eigenvalue weighted by molar-refractivity contribution is 8.02. The van der Waals surface area contributed by atoms with E-state index in [1.807, 2.05) is 0 Å². The molecule has 0 aliphatic rings. The Hall–Kier alpha value is -2.42. The van der Waals surface area contributed by atoms with Crippen molar-refractivity contribution in [2.75, 3.05) is 7.11 Å². The first kappa shape index (κ1) is 20.9. The molecule has 0 aliphatic heterocycles. The van der Waals surface area contributed by atoms with Gasteiger partial charge < -0.3 is 4.74 Å². The molecule has 0 fully saturated rings. The lowest BCUT2D eigenvalue weighted by atomic mass is 10.1. The molecule has 2 nitrogen and oxygen atoms in total. The maximum atomic E-state index is 12.8. The van der Waals surface area contributed by atoms with Gasteiger partial charge in [-0.05, 0) is 53.9 Å². The summed E-state index contributed by atoms with van der Waals surface area (Å²) in [6.07, 6.45) is -8.77. The molecule has 27 heavy (non-hydrogen) atoms. The highest BCUT2D eigenvalue weighted by Gasteiger charge is 2.36. The highest BCUT2D eigenvalue weighted by Crippen LogP contribution is 2.38. The van der Waals surface area contributed by atoms with Crippen molar-refractivity contribution < 1.29 is 35.9 Å². The fourth-order valence-electron chi connectivity index (χ4n) is 2.02. The van der Waals surface area contributed by atoms with Gasteiger partial charge in [-0.25, -0.2) is 0 Å². The van der Waals surface area contributed by atoms with Crippen LogP contribution in [0.5, 0.6) is 5.75 Å². The van der Waals surface area contributed by atoms with Gasteiger partial charge in [-0.15, -0.1) is 0 Å². The van der Waals surface area contributed by atoms with Gasteiger partial charge in [-0.1, -0.05) is 11.8 Å². The Labute approximate surface area is 154 Å². The second-order valence-electron chi connectivity index (χ2n) is 5.25. The van der Waals surface area contributed by atoms with Crippen LogP contribution < -0.4 is 4.74 Å². The predicted octanol–water partition coefficient (Wildman–Crippen LogP) is 6.22. The minimum atomic E-state index is -4.92. The first-order valence-corrected chi connectivity index (χ1v) is 8.20. The molecular formula is C18H12F6O2S. The molecule has 0 aliphatic carbocycles. The number of thioether (sulfide) groups is 1. The van der Waals surface area contributed by atoms with Crippen LogP contribution >= 0.6 is 11.8 Å². The van der Waals surface area contributed by atoms with Gasteiger partial charge in [0.2, 0.25) is 0 Å². The molecule has 2 rings (SSSR count). The van der Waals surface area contributed by atoms with Crippen LogP contribution in [0.15, 0.2) is 58.8 Å². The number of alkyl halides is 6. The zero-order valence-corrected chi connectivity index (χ0v) is 14.5. The Morgan fingerprint density at radius 1 is 0.926 bits per heavy atom. The predicted molar refractivity (Wildman–Crippen MR) is 88.8 cm³/mol. The fraction of sp³-hybridized carbons (Fsp3) is 0.167. The summed E-state index contributed by atoms with van der Waals surface area (Å²) in [5.41, 5.74) is -2.52. The number of carbonyl (C=O) groups is 1. The Bertz CT molecular complexity index is 806. The number of rotatable bonds is 5. The molecule has 0 amide bonds. The first-order chi connectivity index (χ1) is 12.5. The summed E-state index contributed by atoms with van der Waals surface area (Å²) < 4.78 is 81.8. The maximum Gasteiger partial charge on any atom is 0.416 e. The molecule has 0 saturated heterocycles. The average molecular weight is 406 g/mol. The number of halogens is 6. The van der Waals surface area contributed by atoms with E-state index in [1.54, 1.807) is 12.1 Å². The van der Waals surface area contributed by atoms with E-state index < -0.39 is 29.3 Å². The maximum absolute atomic E-state index is 12.8. The molecule has 0 N–H and O–H groups in total. The van der Waals surface area contributed by atoms with Crippen LogP contribution in [-0.2, 0) is 12.4 Å². The molecule has 0 unspecified atom stereocenters. The standard InChI is InChI=1S/C18H12F6O2S/c1-26-14-4-2-11(3-5-14)16(25)6-7-27-15-9-12(17(19,20)21)8-13(10-15)18(22,23)24/h2-10H,1H3/b7-6+. The van der Waals surface area contributed by atoms with Gasteiger partial charge in [-0.3, -0.25) is 4.79 Å². The van der Waals surface area contributed by atoms with Crippen molar-refractivity contribution >= 4 is 17.5 Å². The zero-order chi connectivity index (χ0) is 20.2. The van der Waals surface area contributed by atoms with Gasteiger partial charge in [0, 0.05) is 10.5 Å². The van der Waals surface area contributed by atoms with Gasteiger partial charge in [0.05, 0.1) is 18.2 Å². The molecule has 9 heteroatoms. The number of carbonyl (C=O) groups excluding carboxylic acids is 1. The molecule has 0 radical (unpaired) electrons. The van der Waals surface area contributed by atoms with Crippen LogP contribution in [0.25, 0.3) is 0 Å². The molecule has 0 heterocycles. The first-order valence-electron chi connectivity index (χ1n) is 7.32. The number of hydrogen-bond donors (Lipinski definition) is 0. The number of hydrogen-bond acceptors (Lipinski definition) is 3. The van der Waals surface area contributed by atoms with Crippen LogP contribution in [0.4, 0.5) is 26.3 Å². The van der Waals surface area contributed by atoms with Crippen molar-refractivity contribution in [2.45, 2.75) is 17.2 Å². The third-order valence-corrected chi connectivity index (χ3v) is 4.14. The van der Waals surface area contributed by atoms with Crippen molar-refractivity contribution in [2.24, 2.45) is 0 Å². The highest BCUT2D eigenvalue weighted by atomic mass is 32.2. The van der Waals surface area contributed by atoms with Gasteiger partial charge in [0.1, 0.15) is 5.75 Å². The summed E-state index contributed by atoms with van der Waals surface area (Å²) in [6.45, 7) is 0.